The van der Waals surface area contributed by atoms with Gasteiger partial charge in [0.1, 0.15) is 0 Å². The first-order valence-corrected chi connectivity index (χ1v) is 7.26. The Morgan fingerprint density at radius 1 is 1.23 bits per heavy atom. The van der Waals surface area contributed by atoms with Gasteiger partial charge in [0, 0.05) is 13.7 Å². The summed E-state index contributed by atoms with van der Waals surface area (Å²) in [6.07, 6.45) is 0.933. The summed E-state index contributed by atoms with van der Waals surface area (Å²) < 4.78 is 0. The summed E-state index contributed by atoms with van der Waals surface area (Å²) in [6.45, 7) is 6.62. The Bertz CT molecular complexity index is 414. The van der Waals surface area contributed by atoms with E-state index in [4.69, 9.17) is 16.6 Å². The van der Waals surface area contributed by atoms with Crippen LogP contribution in [0.2, 0.25) is 0 Å². The number of carbonyl (C=O) groups excluding carboxylic acids is 2. The molecule has 7 N–H and O–H groups in total. The van der Waals surface area contributed by atoms with E-state index >= 15 is 0 Å². The first-order chi connectivity index (χ1) is 10.5. The van der Waals surface area contributed by atoms with Gasteiger partial charge in [0.05, 0.1) is 13.2 Å². The third-order valence-corrected chi connectivity index (χ3v) is 2.15. The van der Waals surface area contributed by atoms with Crippen LogP contribution in [-0.4, -0.2) is 30.1 Å². The molecule has 0 bridgehead atoms. The SMILES string of the molecule is CC.CCCNC(N)=O.NCC(=O)Nc1ccc(CO)cc1.[HH]. The summed E-state index contributed by atoms with van der Waals surface area (Å²) in [6, 6.07) is 6.48. The number of anilines is 1. The number of urea groups is 1. The van der Waals surface area contributed by atoms with Crippen LogP contribution in [0.1, 0.15) is 34.2 Å². The van der Waals surface area contributed by atoms with E-state index in [0.717, 1.165) is 12.0 Å². The molecule has 0 aliphatic carbocycles. The second kappa shape index (κ2) is 15.3. The van der Waals surface area contributed by atoms with Crippen molar-refractivity contribution in [2.45, 2.75) is 33.8 Å². The molecule has 0 radical (unpaired) electrons. The zero-order valence-electron chi connectivity index (χ0n) is 13.6. The lowest BCUT2D eigenvalue weighted by molar-refractivity contribution is -0.114. The van der Waals surface area contributed by atoms with Crippen molar-refractivity contribution in [3.05, 3.63) is 29.8 Å². The Morgan fingerprint density at radius 2 is 1.77 bits per heavy atom. The smallest absolute Gasteiger partial charge is 0.312 e. The van der Waals surface area contributed by atoms with Gasteiger partial charge in [0.15, 0.2) is 0 Å². The second-order valence-electron chi connectivity index (χ2n) is 3.90. The average Bonchev–Trinajstić information content (AvgIpc) is 2.56. The van der Waals surface area contributed by atoms with Crippen LogP contribution >= 0.6 is 0 Å². The Morgan fingerprint density at radius 3 is 2.09 bits per heavy atom. The molecule has 0 fully saturated rings. The normalized spacial score (nSPS) is 8.59. The minimum Gasteiger partial charge on any atom is -0.392 e. The summed E-state index contributed by atoms with van der Waals surface area (Å²) in [5.41, 5.74) is 11.4. The largest absolute Gasteiger partial charge is 0.392 e. The molecular weight excluding hydrogens is 284 g/mol. The molecule has 0 saturated heterocycles. The van der Waals surface area contributed by atoms with Gasteiger partial charge in [-0.15, -0.1) is 0 Å². The van der Waals surface area contributed by atoms with E-state index in [9.17, 15) is 9.59 Å². The summed E-state index contributed by atoms with van der Waals surface area (Å²) in [7, 11) is 0. The highest BCUT2D eigenvalue weighted by atomic mass is 16.3. The number of primary amides is 1. The van der Waals surface area contributed by atoms with E-state index in [1.54, 1.807) is 24.3 Å². The number of hydrogen-bond donors (Lipinski definition) is 5. The summed E-state index contributed by atoms with van der Waals surface area (Å²) >= 11 is 0. The van der Waals surface area contributed by atoms with Crippen LogP contribution in [0.5, 0.6) is 0 Å². The Labute approximate surface area is 133 Å². The van der Waals surface area contributed by atoms with Gasteiger partial charge >= 0.3 is 6.03 Å². The molecule has 7 heteroatoms. The molecule has 0 aliphatic heterocycles. The van der Waals surface area contributed by atoms with Gasteiger partial charge in [-0.05, 0) is 24.1 Å². The fourth-order valence-corrected chi connectivity index (χ4v) is 1.15. The maximum Gasteiger partial charge on any atom is 0.312 e. The zero-order chi connectivity index (χ0) is 17.4. The molecule has 0 atom stereocenters. The van der Waals surface area contributed by atoms with Gasteiger partial charge in [-0.2, -0.15) is 0 Å². The molecule has 0 heterocycles. The van der Waals surface area contributed by atoms with Crippen molar-refractivity contribution >= 4 is 17.6 Å². The summed E-state index contributed by atoms with van der Waals surface area (Å²) in [5, 5.41) is 13.8. The zero-order valence-corrected chi connectivity index (χ0v) is 13.6. The van der Waals surface area contributed by atoms with Crippen LogP contribution in [0.3, 0.4) is 0 Å². The number of rotatable bonds is 5. The number of hydrogen-bond acceptors (Lipinski definition) is 4. The summed E-state index contributed by atoms with van der Waals surface area (Å²) in [4.78, 5) is 20.7. The molecule has 22 heavy (non-hydrogen) atoms. The van der Waals surface area contributed by atoms with Gasteiger partial charge in [-0.25, -0.2) is 4.79 Å². The van der Waals surface area contributed by atoms with E-state index in [2.05, 4.69) is 10.6 Å². The van der Waals surface area contributed by atoms with Crippen molar-refractivity contribution in [1.82, 2.24) is 5.32 Å². The van der Waals surface area contributed by atoms with Crippen LogP contribution in [0.15, 0.2) is 24.3 Å². The van der Waals surface area contributed by atoms with Crippen LogP contribution in [0.25, 0.3) is 0 Å². The van der Waals surface area contributed by atoms with Crippen molar-refractivity contribution in [2.75, 3.05) is 18.4 Å². The van der Waals surface area contributed by atoms with Gasteiger partial charge < -0.3 is 27.2 Å². The van der Waals surface area contributed by atoms with Crippen LogP contribution in [0.4, 0.5) is 10.5 Å². The van der Waals surface area contributed by atoms with Gasteiger partial charge in [-0.3, -0.25) is 4.79 Å². The lowest BCUT2D eigenvalue weighted by Gasteiger charge is -2.03. The van der Waals surface area contributed by atoms with E-state index in [1.165, 1.54) is 0 Å². The molecule has 7 nitrogen and oxygen atoms in total. The van der Waals surface area contributed by atoms with Crippen molar-refractivity contribution in [2.24, 2.45) is 11.5 Å². The molecule has 1 aromatic rings. The minimum atomic E-state index is -0.443. The summed E-state index contributed by atoms with van der Waals surface area (Å²) in [5.74, 6) is -0.225. The van der Waals surface area contributed by atoms with E-state index in [-0.39, 0.29) is 20.5 Å². The number of nitrogens with one attached hydrogen (secondary N) is 2. The van der Waals surface area contributed by atoms with E-state index < -0.39 is 6.03 Å². The van der Waals surface area contributed by atoms with E-state index in [1.807, 2.05) is 20.8 Å². The molecule has 0 aliphatic rings. The maximum absolute atomic E-state index is 10.9. The van der Waals surface area contributed by atoms with Gasteiger partial charge in [-0.1, -0.05) is 32.9 Å². The number of carbonyl (C=O) groups is 2. The highest BCUT2D eigenvalue weighted by Crippen LogP contribution is 2.08. The van der Waals surface area contributed by atoms with Crippen molar-refractivity contribution in [3.8, 4) is 0 Å². The average molecular weight is 314 g/mol. The van der Waals surface area contributed by atoms with Crippen molar-refractivity contribution in [1.29, 1.82) is 0 Å². The molecule has 0 unspecified atom stereocenters. The van der Waals surface area contributed by atoms with Crippen LogP contribution in [0, 0.1) is 0 Å². The minimum absolute atomic E-state index is 0. The number of nitrogens with two attached hydrogens (primary N) is 2. The highest BCUT2D eigenvalue weighted by molar-refractivity contribution is 5.92. The molecule has 1 rings (SSSR count). The quantitative estimate of drug-likeness (QED) is 0.562. The molecule has 128 valence electrons. The Hall–Kier alpha value is -2.12. The first-order valence-electron chi connectivity index (χ1n) is 7.26. The standard InChI is InChI=1S/C9H12N2O2.C4H10N2O.C2H6.H2/c10-5-9(13)11-8-3-1-7(6-12)2-4-8;1-2-3-6-4(5)7;1-2;/h1-4,12H,5-6,10H2,(H,11,13);2-3H2,1H3,(H3,5,6,7);1-2H3;1H. The van der Waals surface area contributed by atoms with Gasteiger partial charge in [0.25, 0.3) is 0 Å². The van der Waals surface area contributed by atoms with E-state index in [0.29, 0.717) is 12.2 Å². The lowest BCUT2D eigenvalue weighted by Crippen LogP contribution is -2.29. The predicted octanol–water partition coefficient (Wildman–Crippen LogP) is 1.41. The molecule has 0 saturated carbocycles. The van der Waals surface area contributed by atoms with Gasteiger partial charge in [0.2, 0.25) is 5.91 Å². The Kier molecular flexibility index (Phi) is 15.4. The molecule has 0 aromatic heterocycles. The fourth-order valence-electron chi connectivity index (χ4n) is 1.15. The number of amides is 3. The fraction of sp³-hybridized carbons (Fsp3) is 0.467. The molecule has 3 amide bonds. The number of aliphatic hydroxyl groups is 1. The molecular formula is C15H30N4O3. The number of benzene rings is 1. The van der Waals surface area contributed by atoms with Crippen LogP contribution < -0.4 is 22.1 Å². The molecule has 1 aromatic carbocycles. The molecule has 0 spiro atoms. The third-order valence-electron chi connectivity index (χ3n) is 2.15. The van der Waals surface area contributed by atoms with Crippen LogP contribution in [-0.2, 0) is 11.4 Å². The lowest BCUT2D eigenvalue weighted by atomic mass is 10.2. The maximum atomic E-state index is 10.9. The first kappa shape index (κ1) is 22.2. The van der Waals surface area contributed by atoms with Crippen molar-refractivity contribution in [3.63, 3.8) is 0 Å². The predicted molar refractivity (Wildman–Crippen MR) is 91.4 cm³/mol. The topological polar surface area (TPSA) is 130 Å². The number of aliphatic hydroxyl groups excluding tert-OH is 1. The van der Waals surface area contributed by atoms with Crippen molar-refractivity contribution < 1.29 is 16.1 Å². The monoisotopic (exact) mass is 314 g/mol. The highest BCUT2D eigenvalue weighted by Gasteiger charge is 1.98. The second-order valence-corrected chi connectivity index (χ2v) is 3.90. The Balaban J connectivity index is -0.000000345. The third kappa shape index (κ3) is 12.9.